The van der Waals surface area contributed by atoms with Crippen LogP contribution in [0.5, 0.6) is 34.5 Å². The Bertz CT molecular complexity index is 1270. The zero-order valence-electron chi connectivity index (χ0n) is 20.7. The maximum absolute atomic E-state index is 10.3. The van der Waals surface area contributed by atoms with Crippen LogP contribution in [0, 0.1) is 0 Å². The van der Waals surface area contributed by atoms with Gasteiger partial charge < -0.3 is 24.4 Å². The van der Waals surface area contributed by atoms with Gasteiger partial charge in [0, 0.05) is 23.6 Å². The van der Waals surface area contributed by atoms with Crippen molar-refractivity contribution in [1.29, 1.82) is 0 Å². The quantitative estimate of drug-likeness (QED) is 0.227. The highest BCUT2D eigenvalue weighted by Crippen LogP contribution is 2.31. The highest BCUT2D eigenvalue weighted by molar-refractivity contribution is 5.87. The summed E-state index contributed by atoms with van der Waals surface area (Å²) in [7, 11) is 0. The lowest BCUT2D eigenvalue weighted by Gasteiger charge is -2.08. The van der Waals surface area contributed by atoms with Crippen molar-refractivity contribution in [2.24, 2.45) is 9.98 Å². The van der Waals surface area contributed by atoms with E-state index in [2.05, 4.69) is 9.98 Å². The fourth-order valence-electron chi connectivity index (χ4n) is 3.46. The van der Waals surface area contributed by atoms with E-state index in [1.54, 1.807) is 36.7 Å². The van der Waals surface area contributed by atoms with E-state index < -0.39 is 0 Å². The molecular weight excluding hydrogens is 468 g/mol. The number of phenols is 2. The van der Waals surface area contributed by atoms with E-state index in [1.807, 2.05) is 74.5 Å². The molecule has 0 amide bonds. The fraction of sp³-hybridized carbons (Fsp3) is 0.133. The number of nitrogens with zero attached hydrogens (tertiary/aromatic N) is 2. The van der Waals surface area contributed by atoms with Gasteiger partial charge in [0.15, 0.2) is 23.0 Å². The van der Waals surface area contributed by atoms with Crippen molar-refractivity contribution in [3.63, 3.8) is 0 Å². The van der Waals surface area contributed by atoms with Crippen LogP contribution in [0.15, 0.2) is 94.9 Å². The molecule has 0 unspecified atom stereocenters. The Morgan fingerprint density at radius 2 is 1.00 bits per heavy atom. The van der Waals surface area contributed by atoms with E-state index in [9.17, 15) is 10.2 Å². The monoisotopic (exact) mass is 496 g/mol. The van der Waals surface area contributed by atoms with Crippen LogP contribution < -0.4 is 14.2 Å². The summed E-state index contributed by atoms with van der Waals surface area (Å²) in [5.41, 5.74) is 2.59. The summed E-state index contributed by atoms with van der Waals surface area (Å²) < 4.78 is 16.7. The van der Waals surface area contributed by atoms with Crippen molar-refractivity contribution in [2.75, 3.05) is 13.2 Å². The lowest BCUT2D eigenvalue weighted by atomic mass is 10.2. The van der Waals surface area contributed by atoms with Crippen LogP contribution in [0.1, 0.15) is 25.0 Å². The zero-order chi connectivity index (χ0) is 26.0. The molecule has 4 rings (SSSR count). The van der Waals surface area contributed by atoms with Crippen molar-refractivity contribution in [1.82, 2.24) is 0 Å². The van der Waals surface area contributed by atoms with Crippen LogP contribution in [0.4, 0.5) is 11.4 Å². The van der Waals surface area contributed by atoms with Gasteiger partial charge in [0.25, 0.3) is 0 Å². The molecule has 0 heterocycles. The maximum Gasteiger partial charge on any atom is 0.166 e. The van der Waals surface area contributed by atoms with Gasteiger partial charge in [-0.25, -0.2) is 0 Å². The van der Waals surface area contributed by atoms with E-state index in [-0.39, 0.29) is 11.5 Å². The molecule has 4 aromatic rings. The minimum atomic E-state index is 0.0664. The second-order valence-corrected chi connectivity index (χ2v) is 7.86. The molecule has 0 bridgehead atoms. The average Bonchev–Trinajstić information content (AvgIpc) is 2.91. The minimum Gasteiger partial charge on any atom is -0.504 e. The number of rotatable bonds is 10. The number of hydrogen-bond donors (Lipinski definition) is 2. The van der Waals surface area contributed by atoms with E-state index in [0.29, 0.717) is 47.3 Å². The molecule has 2 N–H and O–H groups in total. The molecule has 7 heteroatoms. The predicted molar refractivity (Wildman–Crippen MR) is 146 cm³/mol. The molecule has 0 radical (unpaired) electrons. The molecule has 0 saturated carbocycles. The topological polar surface area (TPSA) is 92.9 Å². The minimum absolute atomic E-state index is 0.0664. The van der Waals surface area contributed by atoms with Crippen molar-refractivity contribution in [2.45, 2.75) is 13.8 Å². The van der Waals surface area contributed by atoms with Crippen molar-refractivity contribution < 1.29 is 24.4 Å². The normalized spacial score (nSPS) is 11.2. The summed E-state index contributed by atoms with van der Waals surface area (Å²) in [6.45, 7) is 4.67. The molecule has 0 spiro atoms. The summed E-state index contributed by atoms with van der Waals surface area (Å²) in [6.07, 6.45) is 3.19. The summed E-state index contributed by atoms with van der Waals surface area (Å²) in [5, 5.41) is 20.6. The second-order valence-electron chi connectivity index (χ2n) is 7.86. The van der Waals surface area contributed by atoms with Crippen LogP contribution in [-0.4, -0.2) is 35.9 Å². The Morgan fingerprint density at radius 3 is 1.38 bits per heavy atom. The maximum atomic E-state index is 10.3. The first-order valence-corrected chi connectivity index (χ1v) is 11.9. The van der Waals surface area contributed by atoms with Crippen molar-refractivity contribution in [3.8, 4) is 34.5 Å². The molecule has 37 heavy (non-hydrogen) atoms. The van der Waals surface area contributed by atoms with Crippen molar-refractivity contribution in [3.05, 3.63) is 96.1 Å². The number of benzene rings is 4. The molecule has 188 valence electrons. The molecule has 0 atom stereocenters. The van der Waals surface area contributed by atoms with E-state index >= 15 is 0 Å². The Labute approximate surface area is 216 Å². The molecule has 0 aliphatic carbocycles. The first-order chi connectivity index (χ1) is 18.1. The number of aromatic hydroxyl groups is 2. The first kappa shape index (κ1) is 25.3. The van der Waals surface area contributed by atoms with E-state index in [4.69, 9.17) is 14.2 Å². The molecule has 7 nitrogen and oxygen atoms in total. The van der Waals surface area contributed by atoms with Gasteiger partial charge in [-0.05, 0) is 86.6 Å². The summed E-state index contributed by atoms with van der Waals surface area (Å²) >= 11 is 0. The Kier molecular flexibility index (Phi) is 8.39. The van der Waals surface area contributed by atoms with Crippen LogP contribution in [0.3, 0.4) is 0 Å². The standard InChI is InChI=1S/C30H28N2O5/c1-3-35-27-9-5-7-21(29(27)33)19-31-23-11-15-25(16-12-23)37-26-17-13-24(14-18-26)32-20-22-8-6-10-28(30(22)34)36-4-2/h5-20,33-34H,3-4H2,1-2H3. The van der Waals surface area contributed by atoms with Gasteiger partial charge in [-0.2, -0.15) is 0 Å². The average molecular weight is 497 g/mol. The third kappa shape index (κ3) is 6.67. The van der Waals surface area contributed by atoms with Gasteiger partial charge in [-0.15, -0.1) is 0 Å². The summed E-state index contributed by atoms with van der Waals surface area (Å²) in [5.74, 6) is 2.32. The van der Waals surface area contributed by atoms with Gasteiger partial charge in [-0.1, -0.05) is 12.1 Å². The first-order valence-electron chi connectivity index (χ1n) is 11.9. The largest absolute Gasteiger partial charge is 0.504 e. The van der Waals surface area contributed by atoms with E-state index in [0.717, 1.165) is 11.4 Å². The Morgan fingerprint density at radius 1 is 0.595 bits per heavy atom. The molecular formula is C30H28N2O5. The van der Waals surface area contributed by atoms with Gasteiger partial charge in [0.1, 0.15) is 11.5 Å². The number of aliphatic imine (C=N–C) groups is 2. The molecule has 0 aliphatic heterocycles. The highest BCUT2D eigenvalue weighted by Gasteiger charge is 2.07. The Balaban J connectivity index is 1.37. The van der Waals surface area contributed by atoms with Crippen LogP contribution in [-0.2, 0) is 0 Å². The molecule has 0 aliphatic rings. The molecule has 0 fully saturated rings. The predicted octanol–water partition coefficient (Wildman–Crippen LogP) is 7.19. The zero-order valence-corrected chi connectivity index (χ0v) is 20.7. The fourth-order valence-corrected chi connectivity index (χ4v) is 3.46. The van der Waals surface area contributed by atoms with Gasteiger partial charge in [-0.3, -0.25) is 9.98 Å². The van der Waals surface area contributed by atoms with E-state index in [1.165, 1.54) is 0 Å². The van der Waals surface area contributed by atoms with Gasteiger partial charge in [0.2, 0.25) is 0 Å². The number of phenolic OH excluding ortho intramolecular Hbond substituents is 2. The molecule has 0 saturated heterocycles. The lowest BCUT2D eigenvalue weighted by molar-refractivity contribution is 0.318. The van der Waals surface area contributed by atoms with Crippen molar-refractivity contribution >= 4 is 23.8 Å². The van der Waals surface area contributed by atoms with Crippen LogP contribution in [0.25, 0.3) is 0 Å². The third-order valence-corrected chi connectivity index (χ3v) is 5.27. The highest BCUT2D eigenvalue weighted by atomic mass is 16.5. The lowest BCUT2D eigenvalue weighted by Crippen LogP contribution is -1.93. The second kappa shape index (κ2) is 12.3. The number of para-hydroxylation sites is 2. The Hall–Kier alpha value is -4.78. The van der Waals surface area contributed by atoms with Crippen LogP contribution >= 0.6 is 0 Å². The summed E-state index contributed by atoms with van der Waals surface area (Å²) in [4.78, 5) is 8.86. The molecule has 4 aromatic carbocycles. The third-order valence-electron chi connectivity index (χ3n) is 5.27. The number of hydrogen-bond acceptors (Lipinski definition) is 7. The SMILES string of the molecule is CCOc1cccc(C=Nc2ccc(Oc3ccc(N=Cc4cccc(OCC)c4O)cc3)cc2)c1O. The van der Waals surface area contributed by atoms with Crippen LogP contribution in [0.2, 0.25) is 0 Å². The smallest absolute Gasteiger partial charge is 0.166 e. The summed E-state index contributed by atoms with van der Waals surface area (Å²) in [6, 6.07) is 25.2. The van der Waals surface area contributed by atoms with Gasteiger partial charge >= 0.3 is 0 Å². The molecule has 0 aromatic heterocycles. The van der Waals surface area contributed by atoms with Gasteiger partial charge in [0.05, 0.1) is 24.6 Å². The number of ether oxygens (including phenoxy) is 3.